The van der Waals surface area contributed by atoms with Gasteiger partial charge in [-0.25, -0.2) is 8.42 Å². The summed E-state index contributed by atoms with van der Waals surface area (Å²) < 4.78 is 26.0. The summed E-state index contributed by atoms with van der Waals surface area (Å²) in [5, 5.41) is 3.03. The molecule has 6 heteroatoms. The van der Waals surface area contributed by atoms with Gasteiger partial charge in [-0.05, 0) is 30.2 Å². The van der Waals surface area contributed by atoms with Gasteiger partial charge in [0.05, 0.1) is 18.0 Å². The first kappa shape index (κ1) is 20.6. The number of para-hydroxylation sites is 1. The molecule has 3 rings (SSSR count). The van der Waals surface area contributed by atoms with Gasteiger partial charge in [0.25, 0.3) is 0 Å². The fourth-order valence-electron chi connectivity index (χ4n) is 3.30. The third-order valence-electron chi connectivity index (χ3n) is 4.65. The summed E-state index contributed by atoms with van der Waals surface area (Å²) in [4.78, 5) is 13.1. The molecule has 3 aromatic carbocycles. The Morgan fingerprint density at radius 1 is 0.793 bits per heavy atom. The van der Waals surface area contributed by atoms with Gasteiger partial charge in [-0.2, -0.15) is 0 Å². The number of amides is 1. The van der Waals surface area contributed by atoms with Gasteiger partial charge in [0.15, 0.2) is 0 Å². The Kier molecular flexibility index (Phi) is 6.34. The number of hydrogen-bond acceptors (Lipinski definition) is 3. The average molecular weight is 409 g/mol. The lowest BCUT2D eigenvalue weighted by Gasteiger charge is -2.30. The molecular formula is C23H24N2O3S. The summed E-state index contributed by atoms with van der Waals surface area (Å²) >= 11 is 0. The first-order valence-electron chi connectivity index (χ1n) is 9.32. The maximum absolute atomic E-state index is 13.1. The zero-order valence-corrected chi connectivity index (χ0v) is 17.2. The van der Waals surface area contributed by atoms with Gasteiger partial charge in [0.1, 0.15) is 6.04 Å². The fourth-order valence-corrected chi connectivity index (χ4v) is 4.47. The van der Waals surface area contributed by atoms with Gasteiger partial charge >= 0.3 is 0 Å². The number of benzene rings is 3. The summed E-state index contributed by atoms with van der Waals surface area (Å²) in [5.41, 5.74) is 2.29. The maximum atomic E-state index is 13.1. The number of anilines is 1. The Hall–Kier alpha value is -3.12. The molecule has 1 atom stereocenters. The number of carbonyl (C=O) groups excluding carboxylic acids is 1. The second-order valence-electron chi connectivity index (χ2n) is 6.83. The number of nitrogens with zero attached hydrogens (tertiary/aromatic N) is 1. The highest BCUT2D eigenvalue weighted by Gasteiger charge is 2.30. The molecule has 0 spiro atoms. The Morgan fingerprint density at radius 3 is 1.62 bits per heavy atom. The molecule has 0 aliphatic carbocycles. The minimum absolute atomic E-state index is 0.378. The van der Waals surface area contributed by atoms with Crippen molar-refractivity contribution >= 4 is 21.6 Å². The molecule has 3 aromatic rings. The van der Waals surface area contributed by atoms with Crippen LogP contribution in [0.4, 0.5) is 5.69 Å². The molecule has 0 saturated heterocycles. The van der Waals surface area contributed by atoms with E-state index in [1.807, 2.05) is 60.7 Å². The average Bonchev–Trinajstić information content (AvgIpc) is 2.73. The van der Waals surface area contributed by atoms with Crippen molar-refractivity contribution in [1.29, 1.82) is 0 Å². The molecule has 0 aromatic heterocycles. The van der Waals surface area contributed by atoms with Crippen molar-refractivity contribution in [3.63, 3.8) is 0 Å². The molecule has 0 heterocycles. The predicted octanol–water partition coefficient (Wildman–Crippen LogP) is 3.75. The van der Waals surface area contributed by atoms with Crippen LogP contribution < -0.4 is 9.62 Å². The molecule has 0 fully saturated rings. The van der Waals surface area contributed by atoms with Crippen molar-refractivity contribution in [2.75, 3.05) is 10.6 Å². The van der Waals surface area contributed by atoms with Crippen LogP contribution in [0.15, 0.2) is 91.0 Å². The molecule has 0 unspecified atom stereocenters. The van der Waals surface area contributed by atoms with E-state index in [2.05, 4.69) is 5.32 Å². The lowest BCUT2D eigenvalue weighted by atomic mass is 9.98. The third-order valence-corrected chi connectivity index (χ3v) is 5.89. The van der Waals surface area contributed by atoms with Crippen LogP contribution in [0.5, 0.6) is 0 Å². The molecule has 1 amide bonds. The van der Waals surface area contributed by atoms with Crippen LogP contribution in [0.2, 0.25) is 0 Å². The van der Waals surface area contributed by atoms with E-state index in [1.165, 1.54) is 0 Å². The van der Waals surface area contributed by atoms with Crippen LogP contribution in [-0.4, -0.2) is 26.6 Å². The monoisotopic (exact) mass is 408 g/mol. The topological polar surface area (TPSA) is 66.5 Å². The highest BCUT2D eigenvalue weighted by molar-refractivity contribution is 7.92. The smallest absolute Gasteiger partial charge is 0.244 e. The molecular weight excluding hydrogens is 384 g/mol. The molecule has 0 radical (unpaired) electrons. The fraction of sp³-hybridized carbons (Fsp3) is 0.174. The Labute approximate surface area is 172 Å². The van der Waals surface area contributed by atoms with E-state index < -0.39 is 16.1 Å². The van der Waals surface area contributed by atoms with E-state index >= 15 is 0 Å². The largest absolute Gasteiger partial charge is 0.343 e. The first-order chi connectivity index (χ1) is 13.9. The Balaban J connectivity index is 1.92. The molecule has 0 bridgehead atoms. The lowest BCUT2D eigenvalue weighted by Crippen LogP contribution is -2.48. The van der Waals surface area contributed by atoms with Crippen molar-refractivity contribution in [2.24, 2.45) is 0 Å². The second-order valence-corrected chi connectivity index (χ2v) is 8.69. The minimum atomic E-state index is -3.65. The molecule has 29 heavy (non-hydrogen) atoms. The molecule has 0 saturated carbocycles. The molecule has 0 aliphatic heterocycles. The quantitative estimate of drug-likeness (QED) is 0.648. The summed E-state index contributed by atoms with van der Waals surface area (Å²) in [6.07, 6.45) is 1.11. The van der Waals surface area contributed by atoms with Gasteiger partial charge in [-0.3, -0.25) is 9.10 Å². The normalized spacial score (nSPS) is 12.4. The molecule has 1 N–H and O–H groups in total. The van der Waals surface area contributed by atoms with Crippen LogP contribution in [0.3, 0.4) is 0 Å². The molecule has 5 nitrogen and oxygen atoms in total. The van der Waals surface area contributed by atoms with Crippen LogP contribution >= 0.6 is 0 Å². The van der Waals surface area contributed by atoms with Crippen molar-refractivity contribution in [3.05, 3.63) is 102 Å². The van der Waals surface area contributed by atoms with E-state index in [0.717, 1.165) is 21.7 Å². The summed E-state index contributed by atoms with van der Waals surface area (Å²) in [7, 11) is -3.65. The standard InChI is InChI=1S/C23H24N2O3S/c1-18(25(29(2,27)28)21-16-10-5-11-17-21)23(26)24-22(19-12-6-3-7-13-19)20-14-8-4-9-15-20/h3-18,22H,1-2H3,(H,24,26)/t18-/m1/s1. The van der Waals surface area contributed by atoms with Crippen LogP contribution in [0, 0.1) is 0 Å². The van der Waals surface area contributed by atoms with E-state index in [9.17, 15) is 13.2 Å². The number of nitrogens with one attached hydrogen (secondary N) is 1. The van der Waals surface area contributed by atoms with E-state index in [-0.39, 0.29) is 11.9 Å². The van der Waals surface area contributed by atoms with Gasteiger partial charge in [0.2, 0.25) is 15.9 Å². The second kappa shape index (κ2) is 8.92. The zero-order valence-electron chi connectivity index (χ0n) is 16.4. The number of carbonyl (C=O) groups is 1. The predicted molar refractivity (Wildman–Crippen MR) is 116 cm³/mol. The first-order valence-corrected chi connectivity index (χ1v) is 11.2. The molecule has 150 valence electrons. The van der Waals surface area contributed by atoms with Gasteiger partial charge in [-0.1, -0.05) is 78.9 Å². The summed E-state index contributed by atoms with van der Waals surface area (Å²) in [6.45, 7) is 1.59. The van der Waals surface area contributed by atoms with Crippen molar-refractivity contribution in [3.8, 4) is 0 Å². The lowest BCUT2D eigenvalue weighted by molar-refractivity contribution is -0.122. The van der Waals surface area contributed by atoms with Crippen LogP contribution in [0.1, 0.15) is 24.1 Å². The number of rotatable bonds is 7. The third kappa shape index (κ3) is 5.03. The summed E-state index contributed by atoms with van der Waals surface area (Å²) in [5.74, 6) is -0.378. The Bertz CT molecular complexity index is 1000. The van der Waals surface area contributed by atoms with E-state index in [4.69, 9.17) is 0 Å². The van der Waals surface area contributed by atoms with Gasteiger partial charge < -0.3 is 5.32 Å². The minimum Gasteiger partial charge on any atom is -0.343 e. The van der Waals surface area contributed by atoms with Crippen molar-refractivity contribution in [2.45, 2.75) is 19.0 Å². The van der Waals surface area contributed by atoms with E-state index in [0.29, 0.717) is 5.69 Å². The van der Waals surface area contributed by atoms with Crippen molar-refractivity contribution < 1.29 is 13.2 Å². The molecule has 0 aliphatic rings. The Morgan fingerprint density at radius 2 is 1.21 bits per heavy atom. The zero-order chi connectivity index (χ0) is 20.9. The highest BCUT2D eigenvalue weighted by Crippen LogP contribution is 2.24. The van der Waals surface area contributed by atoms with Crippen LogP contribution in [-0.2, 0) is 14.8 Å². The van der Waals surface area contributed by atoms with Gasteiger partial charge in [0, 0.05) is 0 Å². The number of hydrogen-bond donors (Lipinski definition) is 1. The van der Waals surface area contributed by atoms with Crippen molar-refractivity contribution in [1.82, 2.24) is 5.32 Å². The van der Waals surface area contributed by atoms with Gasteiger partial charge in [-0.15, -0.1) is 0 Å². The van der Waals surface area contributed by atoms with Crippen LogP contribution in [0.25, 0.3) is 0 Å². The summed E-state index contributed by atoms with van der Waals surface area (Å²) in [6, 6.07) is 26.6. The maximum Gasteiger partial charge on any atom is 0.244 e. The SMILES string of the molecule is C[C@H](C(=O)NC(c1ccccc1)c1ccccc1)N(c1ccccc1)S(C)(=O)=O. The number of sulfonamides is 1. The highest BCUT2D eigenvalue weighted by atomic mass is 32.2. The van der Waals surface area contributed by atoms with E-state index in [1.54, 1.807) is 37.3 Å².